The van der Waals surface area contributed by atoms with Crippen LogP contribution in [0.15, 0.2) is 84.9 Å². The summed E-state index contributed by atoms with van der Waals surface area (Å²) in [5.74, 6) is 0.558. The summed E-state index contributed by atoms with van der Waals surface area (Å²) in [6, 6.07) is 26.7. The predicted octanol–water partition coefficient (Wildman–Crippen LogP) is 6.52. The first kappa shape index (κ1) is 22.2. The van der Waals surface area contributed by atoms with Crippen molar-refractivity contribution in [2.75, 3.05) is 13.1 Å². The molecule has 0 unspecified atom stereocenters. The van der Waals surface area contributed by atoms with Gasteiger partial charge in [-0.25, -0.2) is 0 Å². The van der Waals surface area contributed by atoms with E-state index in [4.69, 9.17) is 4.74 Å². The summed E-state index contributed by atoms with van der Waals surface area (Å²) in [6.07, 6.45) is -2.24. The fourth-order valence-electron chi connectivity index (χ4n) is 5.61. The van der Waals surface area contributed by atoms with E-state index >= 15 is 0 Å². The van der Waals surface area contributed by atoms with Gasteiger partial charge in [0.2, 0.25) is 0 Å². The quantitative estimate of drug-likeness (QED) is 0.423. The van der Waals surface area contributed by atoms with E-state index in [1.165, 1.54) is 23.3 Å². The van der Waals surface area contributed by atoms with Crippen LogP contribution < -0.4 is 0 Å². The van der Waals surface area contributed by atoms with Crippen molar-refractivity contribution in [3.8, 4) is 0 Å². The van der Waals surface area contributed by atoms with E-state index in [1.54, 1.807) is 6.07 Å². The lowest BCUT2D eigenvalue weighted by Crippen LogP contribution is -2.60. The summed E-state index contributed by atoms with van der Waals surface area (Å²) < 4.78 is 46.0. The molecule has 172 valence electrons. The molecule has 6 rings (SSSR count). The maximum atomic E-state index is 13.2. The largest absolute Gasteiger partial charge is 0.416 e. The van der Waals surface area contributed by atoms with Crippen LogP contribution in [0.3, 0.4) is 0 Å². The topological polar surface area (TPSA) is 12.5 Å². The fraction of sp³-hybridized carbons (Fsp3) is 0.357. The predicted molar refractivity (Wildman–Crippen MR) is 123 cm³/mol. The van der Waals surface area contributed by atoms with E-state index in [1.807, 2.05) is 12.1 Å². The van der Waals surface area contributed by atoms with Gasteiger partial charge in [0.1, 0.15) is 0 Å². The minimum absolute atomic E-state index is 0.0348. The summed E-state index contributed by atoms with van der Waals surface area (Å²) in [7, 11) is 0. The van der Waals surface area contributed by atoms with Gasteiger partial charge >= 0.3 is 6.18 Å². The van der Waals surface area contributed by atoms with Crippen LogP contribution >= 0.6 is 0 Å². The van der Waals surface area contributed by atoms with Gasteiger partial charge in [-0.15, -0.1) is 0 Å². The Morgan fingerprint density at radius 3 is 2.00 bits per heavy atom. The molecule has 0 amide bonds. The number of fused-ring (bicyclic) bond motifs is 3. The molecule has 3 aromatic carbocycles. The summed E-state index contributed by atoms with van der Waals surface area (Å²) >= 11 is 0. The van der Waals surface area contributed by atoms with Crippen molar-refractivity contribution in [2.45, 2.75) is 43.7 Å². The normalized spacial score (nSPS) is 24.8. The first-order valence-corrected chi connectivity index (χ1v) is 11.6. The lowest BCUT2D eigenvalue weighted by Gasteiger charge is -2.53. The molecule has 0 radical (unpaired) electrons. The van der Waals surface area contributed by atoms with Crippen LogP contribution in [0, 0.1) is 5.92 Å². The molecule has 5 heteroatoms. The highest BCUT2D eigenvalue weighted by atomic mass is 19.4. The smallest absolute Gasteiger partial charge is 0.372 e. The maximum absolute atomic E-state index is 13.2. The van der Waals surface area contributed by atoms with Crippen LogP contribution in [0.25, 0.3) is 0 Å². The van der Waals surface area contributed by atoms with Gasteiger partial charge in [0.15, 0.2) is 0 Å². The number of nitrogens with zero attached hydrogens (tertiary/aromatic N) is 1. The van der Waals surface area contributed by atoms with E-state index in [-0.39, 0.29) is 24.7 Å². The second kappa shape index (κ2) is 9.32. The van der Waals surface area contributed by atoms with Gasteiger partial charge in [0.05, 0.1) is 18.3 Å². The monoisotopic (exact) mass is 451 g/mol. The molecule has 0 aliphatic carbocycles. The third-order valence-corrected chi connectivity index (χ3v) is 7.15. The van der Waals surface area contributed by atoms with E-state index < -0.39 is 11.7 Å². The molecule has 3 aliphatic rings. The van der Waals surface area contributed by atoms with Gasteiger partial charge < -0.3 is 4.74 Å². The maximum Gasteiger partial charge on any atom is 0.416 e. The second-order valence-corrected chi connectivity index (χ2v) is 9.14. The molecule has 2 bridgehead atoms. The fourth-order valence-corrected chi connectivity index (χ4v) is 5.61. The highest BCUT2D eigenvalue weighted by Crippen LogP contribution is 2.43. The van der Waals surface area contributed by atoms with Gasteiger partial charge in [0.25, 0.3) is 0 Å². The summed E-state index contributed by atoms with van der Waals surface area (Å²) in [5.41, 5.74) is 2.43. The number of ether oxygens (including phenoxy) is 1. The Morgan fingerprint density at radius 2 is 1.42 bits per heavy atom. The Hall–Kier alpha value is -2.63. The van der Waals surface area contributed by atoms with E-state index in [0.717, 1.165) is 32.0 Å². The zero-order valence-electron chi connectivity index (χ0n) is 18.4. The Bertz CT molecular complexity index is 1010. The summed E-state index contributed by atoms with van der Waals surface area (Å²) in [4.78, 5) is 2.53. The van der Waals surface area contributed by atoms with Crippen LogP contribution in [0.4, 0.5) is 13.2 Å². The third-order valence-electron chi connectivity index (χ3n) is 7.15. The van der Waals surface area contributed by atoms with Crippen molar-refractivity contribution < 1.29 is 17.9 Å². The number of benzene rings is 3. The lowest BCUT2D eigenvalue weighted by molar-refractivity contribution is -0.138. The molecular weight excluding hydrogens is 423 g/mol. The molecule has 2 nitrogen and oxygen atoms in total. The van der Waals surface area contributed by atoms with Crippen molar-refractivity contribution >= 4 is 0 Å². The molecule has 3 aliphatic heterocycles. The molecular formula is C28H28F3NO. The van der Waals surface area contributed by atoms with Gasteiger partial charge in [-0.05, 0) is 60.7 Å². The van der Waals surface area contributed by atoms with Gasteiger partial charge in [0, 0.05) is 12.0 Å². The summed E-state index contributed by atoms with van der Waals surface area (Å²) in [5, 5.41) is 0. The highest BCUT2D eigenvalue weighted by molar-refractivity contribution is 5.36. The number of halogens is 3. The SMILES string of the molecule is FC(F)(F)c1cccc(CO[C@@H]2C3CCN(CC3)[C@@H]2C(c2ccccc2)c2ccccc2)c1. The molecule has 3 heterocycles. The van der Waals surface area contributed by atoms with Crippen LogP contribution in [0.2, 0.25) is 0 Å². The van der Waals surface area contributed by atoms with Crippen LogP contribution in [0.5, 0.6) is 0 Å². The van der Waals surface area contributed by atoms with E-state index in [0.29, 0.717) is 11.5 Å². The molecule has 0 spiro atoms. The molecule has 3 saturated heterocycles. The van der Waals surface area contributed by atoms with Crippen molar-refractivity contribution in [3.63, 3.8) is 0 Å². The lowest BCUT2D eigenvalue weighted by atomic mass is 9.72. The van der Waals surface area contributed by atoms with Crippen molar-refractivity contribution in [1.29, 1.82) is 0 Å². The third kappa shape index (κ3) is 4.71. The molecule has 0 saturated carbocycles. The van der Waals surface area contributed by atoms with E-state index in [2.05, 4.69) is 53.4 Å². The molecule has 0 aromatic heterocycles. The average Bonchev–Trinajstić information content (AvgIpc) is 2.85. The summed E-state index contributed by atoms with van der Waals surface area (Å²) in [6.45, 7) is 2.26. The Labute approximate surface area is 193 Å². The Kier molecular flexibility index (Phi) is 6.26. The van der Waals surface area contributed by atoms with Gasteiger partial charge in [-0.3, -0.25) is 4.90 Å². The minimum atomic E-state index is -4.35. The van der Waals surface area contributed by atoms with Crippen LogP contribution in [0.1, 0.15) is 41.0 Å². The first-order chi connectivity index (χ1) is 16.0. The Balaban J connectivity index is 1.46. The molecule has 2 atom stereocenters. The first-order valence-electron chi connectivity index (χ1n) is 11.6. The van der Waals surface area contributed by atoms with Crippen molar-refractivity contribution in [1.82, 2.24) is 4.90 Å². The number of rotatable bonds is 6. The average molecular weight is 452 g/mol. The number of hydrogen-bond acceptors (Lipinski definition) is 2. The van der Waals surface area contributed by atoms with Crippen LogP contribution in [-0.4, -0.2) is 30.1 Å². The van der Waals surface area contributed by atoms with Gasteiger partial charge in [-0.1, -0.05) is 72.8 Å². The van der Waals surface area contributed by atoms with E-state index in [9.17, 15) is 13.2 Å². The minimum Gasteiger partial charge on any atom is -0.372 e. The van der Waals surface area contributed by atoms with Crippen molar-refractivity contribution in [3.05, 3.63) is 107 Å². The number of hydrogen-bond donors (Lipinski definition) is 0. The molecule has 3 aromatic rings. The van der Waals surface area contributed by atoms with Gasteiger partial charge in [-0.2, -0.15) is 13.2 Å². The zero-order chi connectivity index (χ0) is 22.8. The standard InChI is InChI=1S/C28H28F3NO/c29-28(30,31)24-13-7-8-20(18-24)19-33-27-23-14-16-32(17-15-23)26(27)25(21-9-3-1-4-10-21)22-11-5-2-6-12-22/h1-13,18,23,25-27H,14-17,19H2/t26-,27-/m1/s1. The Morgan fingerprint density at radius 1 is 0.818 bits per heavy atom. The number of alkyl halides is 3. The molecule has 3 fully saturated rings. The number of piperidine rings is 3. The molecule has 0 N–H and O–H groups in total. The van der Waals surface area contributed by atoms with Crippen LogP contribution in [-0.2, 0) is 17.5 Å². The second-order valence-electron chi connectivity index (χ2n) is 9.14. The van der Waals surface area contributed by atoms with Crippen molar-refractivity contribution in [2.24, 2.45) is 5.92 Å². The molecule has 33 heavy (non-hydrogen) atoms. The zero-order valence-corrected chi connectivity index (χ0v) is 18.4. The highest BCUT2D eigenvalue weighted by Gasteiger charge is 2.47.